The van der Waals surface area contributed by atoms with E-state index >= 15 is 0 Å². The molecule has 3 unspecified atom stereocenters. The van der Waals surface area contributed by atoms with Gasteiger partial charge in [0.25, 0.3) is 0 Å². The smallest absolute Gasteiger partial charge is 0.244 e. The number of likely N-dealkylation sites (N-methyl/N-ethyl adjacent to an activating group) is 2. The molecule has 3 atom stereocenters. The monoisotopic (exact) mass is 293 g/mol. The standard InChI is InChI=1S/C15H27N5O/c1-11-5-4-6-16-14(11)15-17-13(18-21-15)9-12-10-19(2)7-8-20(12)3/h11-12,14,16H,4-10H2,1-3H3. The number of nitrogens with zero attached hydrogens (tertiary/aromatic N) is 4. The van der Waals surface area contributed by atoms with Crippen molar-refractivity contribution in [3.05, 3.63) is 11.7 Å². The molecule has 0 spiro atoms. The van der Waals surface area contributed by atoms with Gasteiger partial charge in [0.2, 0.25) is 5.89 Å². The van der Waals surface area contributed by atoms with Crippen LogP contribution in [0, 0.1) is 5.92 Å². The minimum Gasteiger partial charge on any atom is -0.338 e. The van der Waals surface area contributed by atoms with Crippen LogP contribution in [-0.2, 0) is 6.42 Å². The Morgan fingerprint density at radius 3 is 3.00 bits per heavy atom. The topological polar surface area (TPSA) is 57.4 Å². The molecule has 2 saturated heterocycles. The molecule has 0 aliphatic carbocycles. The molecular formula is C15H27N5O. The van der Waals surface area contributed by atoms with Crippen LogP contribution in [-0.4, -0.2) is 66.3 Å². The second-order valence-electron chi connectivity index (χ2n) is 6.70. The summed E-state index contributed by atoms with van der Waals surface area (Å²) in [6.45, 7) is 6.60. The Morgan fingerprint density at radius 1 is 1.33 bits per heavy atom. The van der Waals surface area contributed by atoms with Crippen LogP contribution in [0.1, 0.15) is 37.5 Å². The Hall–Kier alpha value is -0.980. The molecule has 3 heterocycles. The molecule has 1 N–H and O–H groups in total. The molecule has 21 heavy (non-hydrogen) atoms. The van der Waals surface area contributed by atoms with Gasteiger partial charge in [-0.25, -0.2) is 0 Å². The summed E-state index contributed by atoms with van der Waals surface area (Å²) in [4.78, 5) is 9.42. The largest absolute Gasteiger partial charge is 0.338 e. The zero-order chi connectivity index (χ0) is 14.8. The van der Waals surface area contributed by atoms with E-state index in [1.165, 1.54) is 12.8 Å². The number of aromatic nitrogens is 2. The maximum atomic E-state index is 5.52. The minimum atomic E-state index is 0.228. The Morgan fingerprint density at radius 2 is 2.19 bits per heavy atom. The maximum Gasteiger partial charge on any atom is 0.244 e. The number of rotatable bonds is 3. The van der Waals surface area contributed by atoms with Gasteiger partial charge in [0.15, 0.2) is 5.82 Å². The van der Waals surface area contributed by atoms with Gasteiger partial charge in [0.1, 0.15) is 0 Å². The van der Waals surface area contributed by atoms with Crippen LogP contribution in [0.4, 0.5) is 0 Å². The molecule has 0 bridgehead atoms. The third-order valence-electron chi connectivity index (χ3n) is 4.92. The lowest BCUT2D eigenvalue weighted by molar-refractivity contribution is 0.113. The summed E-state index contributed by atoms with van der Waals surface area (Å²) in [5.74, 6) is 2.18. The highest BCUT2D eigenvalue weighted by molar-refractivity contribution is 4.99. The summed E-state index contributed by atoms with van der Waals surface area (Å²) in [5.41, 5.74) is 0. The summed E-state index contributed by atoms with van der Waals surface area (Å²) in [7, 11) is 4.36. The molecule has 0 amide bonds. The number of hydrogen-bond acceptors (Lipinski definition) is 6. The number of piperidine rings is 1. The van der Waals surface area contributed by atoms with Crippen molar-refractivity contribution in [3.8, 4) is 0 Å². The van der Waals surface area contributed by atoms with E-state index in [2.05, 4.69) is 46.3 Å². The summed E-state index contributed by atoms with van der Waals surface area (Å²) >= 11 is 0. The normalized spacial score (nSPS) is 32.4. The fourth-order valence-corrected chi connectivity index (χ4v) is 3.39. The van der Waals surface area contributed by atoms with Crippen LogP contribution in [0.2, 0.25) is 0 Å². The lowest BCUT2D eigenvalue weighted by Gasteiger charge is -2.37. The summed E-state index contributed by atoms with van der Waals surface area (Å²) < 4.78 is 5.52. The molecule has 2 fully saturated rings. The van der Waals surface area contributed by atoms with Gasteiger partial charge in [0, 0.05) is 32.1 Å². The second-order valence-corrected chi connectivity index (χ2v) is 6.70. The first-order valence-electron chi connectivity index (χ1n) is 8.08. The van der Waals surface area contributed by atoms with Crippen molar-refractivity contribution in [2.45, 2.75) is 38.3 Å². The Bertz CT molecular complexity index is 463. The Kier molecular flexibility index (Phi) is 4.57. The van der Waals surface area contributed by atoms with Crippen molar-refractivity contribution < 1.29 is 4.52 Å². The van der Waals surface area contributed by atoms with Crippen LogP contribution < -0.4 is 5.32 Å². The Balaban J connectivity index is 1.64. The van der Waals surface area contributed by atoms with Crippen molar-refractivity contribution in [2.75, 3.05) is 40.3 Å². The van der Waals surface area contributed by atoms with E-state index in [0.29, 0.717) is 12.0 Å². The minimum absolute atomic E-state index is 0.228. The second kappa shape index (κ2) is 6.42. The highest BCUT2D eigenvalue weighted by Gasteiger charge is 2.29. The van der Waals surface area contributed by atoms with Crippen LogP contribution in [0.25, 0.3) is 0 Å². The van der Waals surface area contributed by atoms with Crippen molar-refractivity contribution in [2.24, 2.45) is 5.92 Å². The van der Waals surface area contributed by atoms with Gasteiger partial charge in [0.05, 0.1) is 6.04 Å². The molecule has 0 radical (unpaired) electrons. The lowest BCUT2D eigenvalue weighted by atomic mass is 9.93. The fourth-order valence-electron chi connectivity index (χ4n) is 3.39. The zero-order valence-corrected chi connectivity index (χ0v) is 13.4. The first-order valence-corrected chi connectivity index (χ1v) is 8.08. The van der Waals surface area contributed by atoms with E-state index < -0.39 is 0 Å². The van der Waals surface area contributed by atoms with E-state index in [0.717, 1.165) is 44.3 Å². The van der Waals surface area contributed by atoms with E-state index in [9.17, 15) is 0 Å². The van der Waals surface area contributed by atoms with Crippen molar-refractivity contribution in [3.63, 3.8) is 0 Å². The van der Waals surface area contributed by atoms with Crippen LogP contribution >= 0.6 is 0 Å². The first-order chi connectivity index (χ1) is 10.1. The quantitative estimate of drug-likeness (QED) is 0.894. The summed E-state index contributed by atoms with van der Waals surface area (Å²) in [6, 6.07) is 0.706. The van der Waals surface area contributed by atoms with Gasteiger partial charge in [-0.2, -0.15) is 4.98 Å². The Labute approximate surface area is 126 Å². The van der Waals surface area contributed by atoms with Gasteiger partial charge < -0.3 is 19.6 Å². The predicted octanol–water partition coefficient (Wildman–Crippen LogP) is 0.919. The molecule has 3 rings (SSSR count). The van der Waals surface area contributed by atoms with Gasteiger partial charge in [-0.3, -0.25) is 0 Å². The molecule has 1 aromatic heterocycles. The maximum absolute atomic E-state index is 5.52. The molecule has 6 heteroatoms. The van der Waals surface area contributed by atoms with Crippen molar-refractivity contribution in [1.82, 2.24) is 25.3 Å². The van der Waals surface area contributed by atoms with Gasteiger partial charge >= 0.3 is 0 Å². The third kappa shape index (κ3) is 3.44. The van der Waals surface area contributed by atoms with E-state index in [1.54, 1.807) is 0 Å². The average Bonchev–Trinajstić information content (AvgIpc) is 2.92. The first kappa shape index (κ1) is 14.9. The highest BCUT2D eigenvalue weighted by atomic mass is 16.5. The molecule has 0 saturated carbocycles. The average molecular weight is 293 g/mol. The van der Waals surface area contributed by atoms with Crippen LogP contribution in [0.3, 0.4) is 0 Å². The SMILES string of the molecule is CC1CCCNC1c1nc(CC2CN(C)CCN2C)no1. The molecule has 1 aromatic rings. The van der Waals surface area contributed by atoms with E-state index in [-0.39, 0.29) is 6.04 Å². The highest BCUT2D eigenvalue weighted by Crippen LogP contribution is 2.27. The van der Waals surface area contributed by atoms with E-state index in [4.69, 9.17) is 4.52 Å². The summed E-state index contributed by atoms with van der Waals surface area (Å²) in [5, 5.41) is 7.71. The van der Waals surface area contributed by atoms with Gasteiger partial charge in [-0.1, -0.05) is 12.1 Å². The lowest BCUT2D eigenvalue weighted by Crippen LogP contribution is -2.50. The molecule has 0 aromatic carbocycles. The van der Waals surface area contributed by atoms with Gasteiger partial charge in [-0.05, 0) is 39.4 Å². The zero-order valence-electron chi connectivity index (χ0n) is 13.4. The van der Waals surface area contributed by atoms with Crippen LogP contribution in [0.5, 0.6) is 0 Å². The van der Waals surface area contributed by atoms with E-state index in [1.807, 2.05) is 0 Å². The number of nitrogens with one attached hydrogen (secondary N) is 1. The number of piperazine rings is 1. The molecule has 118 valence electrons. The molecule has 2 aliphatic rings. The number of hydrogen-bond donors (Lipinski definition) is 1. The fraction of sp³-hybridized carbons (Fsp3) is 0.867. The van der Waals surface area contributed by atoms with Crippen molar-refractivity contribution >= 4 is 0 Å². The van der Waals surface area contributed by atoms with Crippen LogP contribution in [0.15, 0.2) is 4.52 Å². The van der Waals surface area contributed by atoms with Crippen molar-refractivity contribution in [1.29, 1.82) is 0 Å². The van der Waals surface area contributed by atoms with Gasteiger partial charge in [-0.15, -0.1) is 0 Å². The summed E-state index contributed by atoms with van der Waals surface area (Å²) in [6.07, 6.45) is 3.33. The molecular weight excluding hydrogens is 266 g/mol. The predicted molar refractivity (Wildman–Crippen MR) is 81.1 cm³/mol. The third-order valence-corrected chi connectivity index (χ3v) is 4.92. The molecule has 6 nitrogen and oxygen atoms in total. The molecule has 2 aliphatic heterocycles.